The average molecular weight is 330 g/mol. The van der Waals surface area contributed by atoms with Gasteiger partial charge in [0.2, 0.25) is 0 Å². The number of fused-ring (bicyclic) bond motifs is 1. The predicted octanol–water partition coefficient (Wildman–Crippen LogP) is 1.53. The van der Waals surface area contributed by atoms with Gasteiger partial charge < -0.3 is 9.47 Å². The molecule has 2 aliphatic heterocycles. The van der Waals surface area contributed by atoms with Crippen molar-refractivity contribution in [1.82, 2.24) is 14.5 Å². The van der Waals surface area contributed by atoms with Crippen LogP contribution < -0.4 is 0 Å². The molecule has 0 atom stereocenters. The number of hydrogen-bond acceptors (Lipinski definition) is 4. The molecule has 4 rings (SSSR count). The van der Waals surface area contributed by atoms with Gasteiger partial charge in [-0.15, -0.1) is 4.40 Å². The van der Waals surface area contributed by atoms with Crippen LogP contribution in [0.3, 0.4) is 0 Å². The van der Waals surface area contributed by atoms with E-state index in [1.54, 1.807) is 12.1 Å². The third-order valence-corrected chi connectivity index (χ3v) is 5.77. The Labute approximate surface area is 135 Å². The molecule has 120 valence electrons. The molecule has 1 fully saturated rings. The highest BCUT2D eigenvalue weighted by molar-refractivity contribution is 7.90. The zero-order valence-electron chi connectivity index (χ0n) is 12.9. The minimum atomic E-state index is -3.52. The van der Waals surface area contributed by atoms with E-state index in [1.165, 1.54) is 0 Å². The van der Waals surface area contributed by atoms with Gasteiger partial charge in [0, 0.05) is 49.9 Å². The second-order valence-corrected chi connectivity index (χ2v) is 7.58. The van der Waals surface area contributed by atoms with Crippen molar-refractivity contribution in [2.24, 2.45) is 10.3 Å². The summed E-state index contributed by atoms with van der Waals surface area (Å²) in [4.78, 5) is 6.71. The van der Waals surface area contributed by atoms with E-state index in [1.807, 2.05) is 24.5 Å². The second kappa shape index (κ2) is 5.19. The number of rotatable bonds is 3. The van der Waals surface area contributed by atoms with Crippen LogP contribution in [0.15, 0.2) is 46.0 Å². The second-order valence-electron chi connectivity index (χ2n) is 6.01. The van der Waals surface area contributed by atoms with Crippen molar-refractivity contribution in [3.05, 3.63) is 48.0 Å². The largest absolute Gasteiger partial charge is 0.355 e. The highest BCUT2D eigenvalue weighted by Crippen LogP contribution is 2.31. The molecule has 0 bridgehead atoms. The van der Waals surface area contributed by atoms with E-state index in [-0.39, 0.29) is 0 Å². The normalized spacial score (nSPS) is 19.3. The summed E-state index contributed by atoms with van der Waals surface area (Å²) in [5.41, 5.74) is 0.725. The highest BCUT2D eigenvalue weighted by Gasteiger charge is 2.37. The molecule has 23 heavy (non-hydrogen) atoms. The average Bonchev–Trinajstić information content (AvgIpc) is 3.05. The molecule has 0 amide bonds. The molecule has 7 heteroatoms. The molecule has 0 radical (unpaired) electrons. The van der Waals surface area contributed by atoms with Crippen LogP contribution in [-0.4, -0.2) is 41.8 Å². The highest BCUT2D eigenvalue weighted by atomic mass is 32.2. The Morgan fingerprint density at radius 1 is 1.26 bits per heavy atom. The molecule has 2 aromatic rings. The Hall–Kier alpha value is -2.15. The Kier molecular flexibility index (Phi) is 3.26. The first-order chi connectivity index (χ1) is 11.1. The lowest BCUT2D eigenvalue weighted by Gasteiger charge is -2.41. The van der Waals surface area contributed by atoms with Gasteiger partial charge in [-0.2, -0.15) is 8.42 Å². The quantitative estimate of drug-likeness (QED) is 0.856. The van der Waals surface area contributed by atoms with Gasteiger partial charge in [0.25, 0.3) is 10.0 Å². The molecule has 0 aliphatic carbocycles. The number of benzene rings is 1. The Morgan fingerprint density at radius 3 is 2.83 bits per heavy atom. The predicted molar refractivity (Wildman–Crippen MR) is 86.8 cm³/mol. The van der Waals surface area contributed by atoms with Crippen LogP contribution in [0.5, 0.6) is 0 Å². The number of hydrogen-bond donors (Lipinski definition) is 0. The van der Waals surface area contributed by atoms with Crippen LogP contribution in [0.1, 0.15) is 18.3 Å². The number of aromatic nitrogens is 2. The SMILES string of the molecule is CCc1nccn1CC1CN(C2=NS(=O)(=O)c3ccccc32)C1. The summed E-state index contributed by atoms with van der Waals surface area (Å²) in [6.45, 7) is 4.66. The van der Waals surface area contributed by atoms with Crippen molar-refractivity contribution < 1.29 is 8.42 Å². The summed E-state index contributed by atoms with van der Waals surface area (Å²) in [5.74, 6) is 2.18. The smallest absolute Gasteiger partial charge is 0.285 e. The molecular weight excluding hydrogens is 312 g/mol. The fraction of sp³-hybridized carbons (Fsp3) is 0.375. The number of imidazole rings is 1. The lowest BCUT2D eigenvalue weighted by molar-refractivity contribution is 0.167. The molecule has 0 saturated carbocycles. The van der Waals surface area contributed by atoms with Gasteiger partial charge in [-0.1, -0.05) is 19.1 Å². The number of amidine groups is 1. The summed E-state index contributed by atoms with van der Waals surface area (Å²) in [6, 6.07) is 7.04. The number of sulfonamides is 1. The van der Waals surface area contributed by atoms with E-state index in [9.17, 15) is 8.42 Å². The molecular formula is C16H18N4O2S. The molecule has 1 saturated heterocycles. The van der Waals surface area contributed by atoms with Crippen LogP contribution in [0.2, 0.25) is 0 Å². The van der Waals surface area contributed by atoms with Crippen LogP contribution in [0, 0.1) is 5.92 Å². The first kappa shape index (κ1) is 14.4. The van der Waals surface area contributed by atoms with E-state index in [2.05, 4.69) is 25.8 Å². The molecule has 6 nitrogen and oxygen atoms in total. The van der Waals surface area contributed by atoms with E-state index in [0.717, 1.165) is 37.4 Å². The Bertz CT molecular complexity index is 879. The van der Waals surface area contributed by atoms with E-state index in [0.29, 0.717) is 16.6 Å². The molecule has 0 spiro atoms. The van der Waals surface area contributed by atoms with Crippen molar-refractivity contribution >= 4 is 15.9 Å². The van der Waals surface area contributed by atoms with Gasteiger partial charge in [0.15, 0.2) is 5.84 Å². The number of aryl methyl sites for hydroxylation is 1. The first-order valence-corrected chi connectivity index (χ1v) is 9.22. The third-order valence-electron chi connectivity index (χ3n) is 4.44. The topological polar surface area (TPSA) is 67.6 Å². The van der Waals surface area contributed by atoms with Crippen LogP contribution >= 0.6 is 0 Å². The molecule has 0 N–H and O–H groups in total. The maximum atomic E-state index is 12.1. The van der Waals surface area contributed by atoms with Crippen molar-refractivity contribution in [2.45, 2.75) is 24.8 Å². The zero-order chi connectivity index (χ0) is 16.0. The molecule has 2 aliphatic rings. The minimum absolute atomic E-state index is 0.321. The number of nitrogens with zero attached hydrogens (tertiary/aromatic N) is 4. The maximum absolute atomic E-state index is 12.1. The van der Waals surface area contributed by atoms with E-state index < -0.39 is 10.0 Å². The lowest BCUT2D eigenvalue weighted by atomic mass is 9.98. The van der Waals surface area contributed by atoms with Crippen molar-refractivity contribution in [3.8, 4) is 0 Å². The summed E-state index contributed by atoms with van der Waals surface area (Å²) >= 11 is 0. The minimum Gasteiger partial charge on any atom is -0.355 e. The van der Waals surface area contributed by atoms with Crippen molar-refractivity contribution in [3.63, 3.8) is 0 Å². The summed E-state index contributed by atoms with van der Waals surface area (Å²) in [5, 5.41) is 0. The standard InChI is InChI=1S/C16H18N4O2S/c1-2-15-17-7-8-19(15)9-12-10-20(11-12)16-13-5-3-4-6-14(13)23(21,22)18-16/h3-8,12H,2,9-11H2,1H3. The van der Waals surface area contributed by atoms with Crippen LogP contribution in [0.4, 0.5) is 0 Å². The molecule has 1 aromatic carbocycles. The van der Waals surface area contributed by atoms with Gasteiger partial charge in [-0.3, -0.25) is 0 Å². The van der Waals surface area contributed by atoms with Gasteiger partial charge in [-0.05, 0) is 12.1 Å². The van der Waals surface area contributed by atoms with Gasteiger partial charge in [-0.25, -0.2) is 4.98 Å². The number of likely N-dealkylation sites (tertiary alicyclic amines) is 1. The van der Waals surface area contributed by atoms with Gasteiger partial charge in [0.1, 0.15) is 10.7 Å². The van der Waals surface area contributed by atoms with E-state index >= 15 is 0 Å². The fourth-order valence-electron chi connectivity index (χ4n) is 3.27. The van der Waals surface area contributed by atoms with Crippen molar-refractivity contribution in [1.29, 1.82) is 0 Å². The summed E-state index contributed by atoms with van der Waals surface area (Å²) in [6.07, 6.45) is 4.76. The first-order valence-electron chi connectivity index (χ1n) is 7.78. The lowest BCUT2D eigenvalue weighted by Crippen LogP contribution is -2.51. The van der Waals surface area contributed by atoms with Crippen molar-refractivity contribution in [2.75, 3.05) is 13.1 Å². The maximum Gasteiger partial charge on any atom is 0.285 e. The van der Waals surface area contributed by atoms with Gasteiger partial charge in [0.05, 0.1) is 0 Å². The van der Waals surface area contributed by atoms with Gasteiger partial charge >= 0.3 is 0 Å². The Morgan fingerprint density at radius 2 is 2.04 bits per heavy atom. The fourth-order valence-corrected chi connectivity index (χ4v) is 4.50. The van der Waals surface area contributed by atoms with E-state index in [4.69, 9.17) is 0 Å². The third kappa shape index (κ3) is 2.35. The molecule has 1 aromatic heterocycles. The van der Waals surface area contributed by atoms with Crippen LogP contribution in [0.25, 0.3) is 0 Å². The molecule has 0 unspecified atom stereocenters. The summed E-state index contributed by atoms with van der Waals surface area (Å²) < 4.78 is 30.4. The Balaban J connectivity index is 1.49. The monoisotopic (exact) mass is 330 g/mol. The van der Waals surface area contributed by atoms with Crippen LogP contribution in [-0.2, 0) is 23.0 Å². The summed E-state index contributed by atoms with van der Waals surface area (Å²) in [7, 11) is -3.52. The molecule has 3 heterocycles. The zero-order valence-corrected chi connectivity index (χ0v) is 13.7.